The zero-order chi connectivity index (χ0) is 21.0. The molecule has 2 aromatic carbocycles. The minimum absolute atomic E-state index is 0.0538. The maximum Gasteiger partial charge on any atom is 0.266 e. The lowest BCUT2D eigenvalue weighted by molar-refractivity contribution is -0.135. The van der Waals surface area contributed by atoms with Gasteiger partial charge in [0.2, 0.25) is 5.91 Å². The summed E-state index contributed by atoms with van der Waals surface area (Å²) in [4.78, 5) is 28.3. The Labute approximate surface area is 178 Å². The first-order valence-electron chi connectivity index (χ1n) is 8.86. The Morgan fingerprint density at radius 3 is 2.52 bits per heavy atom. The van der Waals surface area contributed by atoms with Crippen molar-refractivity contribution in [1.82, 2.24) is 9.80 Å². The lowest BCUT2D eigenvalue weighted by Crippen LogP contribution is -2.41. The van der Waals surface area contributed by atoms with E-state index in [1.165, 1.54) is 33.7 Å². The number of thioether (sulfide) groups is 1. The summed E-state index contributed by atoms with van der Waals surface area (Å²) in [6.07, 6.45) is 0.843. The Balaban J connectivity index is 1.62. The molecule has 2 amide bonds. The van der Waals surface area contributed by atoms with E-state index in [2.05, 4.69) is 0 Å². The number of likely N-dealkylation sites (N-methyl/N-ethyl adjacent to an activating group) is 1. The summed E-state index contributed by atoms with van der Waals surface area (Å²) in [5.41, 5.74) is 1.47. The van der Waals surface area contributed by atoms with Crippen molar-refractivity contribution in [3.8, 4) is 5.75 Å². The molecule has 2 N–H and O–H groups in total. The van der Waals surface area contributed by atoms with Gasteiger partial charge in [0.1, 0.15) is 16.6 Å². The van der Waals surface area contributed by atoms with Crippen molar-refractivity contribution < 1.29 is 19.8 Å². The molecule has 0 saturated carbocycles. The maximum atomic E-state index is 12.7. The molecule has 1 aliphatic rings. The van der Waals surface area contributed by atoms with Gasteiger partial charge < -0.3 is 15.1 Å². The largest absolute Gasteiger partial charge is 0.508 e. The molecule has 2 aromatic rings. The van der Waals surface area contributed by atoms with E-state index in [0.29, 0.717) is 14.8 Å². The number of thiocarbonyl (C=S) groups is 1. The summed E-state index contributed by atoms with van der Waals surface area (Å²) in [5, 5.41) is 19.6. The van der Waals surface area contributed by atoms with Crippen molar-refractivity contribution >= 4 is 46.2 Å². The van der Waals surface area contributed by atoms with Crippen LogP contribution >= 0.6 is 24.0 Å². The summed E-state index contributed by atoms with van der Waals surface area (Å²) in [7, 11) is 1.56. The molecule has 0 unspecified atom stereocenters. The van der Waals surface area contributed by atoms with E-state index >= 15 is 0 Å². The van der Waals surface area contributed by atoms with Gasteiger partial charge in [0.15, 0.2) is 0 Å². The second-order valence-electron chi connectivity index (χ2n) is 6.56. The normalized spacial score (nSPS) is 16.3. The highest BCUT2D eigenvalue weighted by atomic mass is 32.2. The van der Waals surface area contributed by atoms with E-state index in [0.717, 1.165) is 5.56 Å². The molecule has 1 saturated heterocycles. The molecule has 8 heteroatoms. The number of phenolic OH excluding ortho intramolecular Hbond substituents is 1. The third kappa shape index (κ3) is 5.23. The van der Waals surface area contributed by atoms with Gasteiger partial charge in [0.25, 0.3) is 5.91 Å². The van der Waals surface area contributed by atoms with E-state index in [1.54, 1.807) is 25.3 Å². The molecule has 6 nitrogen and oxygen atoms in total. The number of aliphatic hydroxyl groups excluding tert-OH is 1. The fourth-order valence-corrected chi connectivity index (χ4v) is 4.01. The van der Waals surface area contributed by atoms with Crippen molar-refractivity contribution in [2.75, 3.05) is 20.1 Å². The quantitative estimate of drug-likeness (QED) is 0.544. The number of benzene rings is 2. The molecule has 0 aliphatic carbocycles. The van der Waals surface area contributed by atoms with Gasteiger partial charge in [-0.15, -0.1) is 0 Å². The van der Waals surface area contributed by atoms with Gasteiger partial charge in [-0.25, -0.2) is 0 Å². The Kier molecular flexibility index (Phi) is 6.68. The van der Waals surface area contributed by atoms with Gasteiger partial charge in [0.05, 0.1) is 17.6 Å². The number of hydrogen-bond donors (Lipinski definition) is 2. The molecule has 1 aliphatic heterocycles. The van der Waals surface area contributed by atoms with Crippen LogP contribution in [0.1, 0.15) is 17.2 Å². The number of nitrogens with zero attached hydrogens (tertiary/aromatic N) is 2. The number of amides is 2. The minimum Gasteiger partial charge on any atom is -0.508 e. The van der Waals surface area contributed by atoms with Crippen molar-refractivity contribution in [2.45, 2.75) is 6.10 Å². The minimum atomic E-state index is -0.909. The lowest BCUT2D eigenvalue weighted by Gasteiger charge is -2.23. The van der Waals surface area contributed by atoms with Crippen LogP contribution in [0.25, 0.3) is 6.08 Å². The van der Waals surface area contributed by atoms with E-state index in [1.807, 2.05) is 30.3 Å². The molecule has 29 heavy (non-hydrogen) atoms. The van der Waals surface area contributed by atoms with Gasteiger partial charge in [-0.3, -0.25) is 14.5 Å². The van der Waals surface area contributed by atoms with Crippen molar-refractivity contribution in [2.24, 2.45) is 0 Å². The van der Waals surface area contributed by atoms with E-state index in [9.17, 15) is 19.8 Å². The topological polar surface area (TPSA) is 81.1 Å². The van der Waals surface area contributed by atoms with Crippen molar-refractivity contribution in [1.29, 1.82) is 0 Å². The second kappa shape index (κ2) is 9.21. The highest BCUT2D eigenvalue weighted by Gasteiger charge is 2.34. The highest BCUT2D eigenvalue weighted by molar-refractivity contribution is 8.26. The Morgan fingerprint density at radius 2 is 1.86 bits per heavy atom. The lowest BCUT2D eigenvalue weighted by atomic mass is 10.1. The first-order valence-corrected chi connectivity index (χ1v) is 10.1. The molecule has 150 valence electrons. The molecule has 0 radical (unpaired) electrons. The van der Waals surface area contributed by atoms with E-state index in [4.69, 9.17) is 12.2 Å². The molecule has 0 spiro atoms. The molecule has 1 fully saturated rings. The first-order chi connectivity index (χ1) is 13.8. The molecular weight excluding hydrogens is 408 g/mol. The third-order valence-electron chi connectivity index (χ3n) is 4.41. The van der Waals surface area contributed by atoms with Crippen LogP contribution in [0.15, 0.2) is 59.5 Å². The fourth-order valence-electron chi connectivity index (χ4n) is 2.76. The van der Waals surface area contributed by atoms with Gasteiger partial charge in [0, 0.05) is 7.05 Å². The maximum absolute atomic E-state index is 12.7. The standard InChI is InChI=1S/C21H20N2O4S2/c1-22(12-17(25)15-7-9-16(24)10-8-15)19(26)13-23-20(27)18(29-21(23)28)11-14-5-3-2-4-6-14/h2-11,17,24-25H,12-13H2,1H3/b18-11-/t17-/m1/s1. The molecular formula is C21H20N2O4S2. The van der Waals surface area contributed by atoms with Crippen LogP contribution in [0, 0.1) is 0 Å². The molecule has 1 heterocycles. The summed E-state index contributed by atoms with van der Waals surface area (Å²) in [6, 6.07) is 15.5. The summed E-state index contributed by atoms with van der Waals surface area (Å²) < 4.78 is 0.331. The average molecular weight is 429 g/mol. The van der Waals surface area contributed by atoms with Crippen LogP contribution in [0.5, 0.6) is 5.75 Å². The predicted molar refractivity (Wildman–Crippen MR) is 117 cm³/mol. The van der Waals surface area contributed by atoms with Crippen LogP contribution in [0.3, 0.4) is 0 Å². The zero-order valence-corrected chi connectivity index (χ0v) is 17.3. The van der Waals surface area contributed by atoms with Crippen LogP contribution in [0.4, 0.5) is 0 Å². The van der Waals surface area contributed by atoms with Crippen LogP contribution in [-0.4, -0.2) is 56.3 Å². The van der Waals surface area contributed by atoms with E-state index in [-0.39, 0.29) is 30.7 Å². The summed E-state index contributed by atoms with van der Waals surface area (Å²) >= 11 is 6.44. The van der Waals surface area contributed by atoms with Crippen molar-refractivity contribution in [3.63, 3.8) is 0 Å². The fraction of sp³-hybridized carbons (Fsp3) is 0.190. The zero-order valence-electron chi connectivity index (χ0n) is 15.7. The van der Waals surface area contributed by atoms with Crippen LogP contribution < -0.4 is 0 Å². The van der Waals surface area contributed by atoms with Crippen LogP contribution in [-0.2, 0) is 9.59 Å². The predicted octanol–water partition coefficient (Wildman–Crippen LogP) is 2.79. The molecule has 1 atom stereocenters. The number of carbonyl (C=O) groups is 2. The van der Waals surface area contributed by atoms with Gasteiger partial charge in [-0.1, -0.05) is 66.4 Å². The average Bonchev–Trinajstić information content (AvgIpc) is 2.96. The third-order valence-corrected chi connectivity index (χ3v) is 5.79. The smallest absolute Gasteiger partial charge is 0.266 e. The molecule has 3 rings (SSSR count). The highest BCUT2D eigenvalue weighted by Crippen LogP contribution is 2.32. The Bertz CT molecular complexity index is 945. The van der Waals surface area contributed by atoms with Crippen molar-refractivity contribution in [3.05, 3.63) is 70.6 Å². The number of phenols is 1. The number of hydrogen-bond acceptors (Lipinski definition) is 6. The SMILES string of the molecule is CN(C[C@@H](O)c1ccc(O)cc1)C(=O)CN1C(=O)/C(=C/c2ccccc2)SC1=S. The number of carbonyl (C=O) groups excluding carboxylic acids is 2. The van der Waals surface area contributed by atoms with Gasteiger partial charge in [-0.2, -0.15) is 0 Å². The Hall–Kier alpha value is -2.68. The summed E-state index contributed by atoms with van der Waals surface area (Å²) in [6.45, 7) is -0.131. The number of aromatic hydroxyl groups is 1. The van der Waals surface area contributed by atoms with Gasteiger partial charge >= 0.3 is 0 Å². The Morgan fingerprint density at radius 1 is 1.21 bits per heavy atom. The summed E-state index contributed by atoms with van der Waals surface area (Å²) in [5.74, 6) is -0.534. The first kappa shape index (κ1) is 21.0. The molecule has 0 bridgehead atoms. The van der Waals surface area contributed by atoms with Gasteiger partial charge in [-0.05, 0) is 29.3 Å². The second-order valence-corrected chi connectivity index (χ2v) is 8.24. The number of rotatable bonds is 6. The van der Waals surface area contributed by atoms with E-state index < -0.39 is 6.10 Å². The van der Waals surface area contributed by atoms with Crippen LogP contribution in [0.2, 0.25) is 0 Å². The number of aliphatic hydroxyl groups is 1. The monoisotopic (exact) mass is 428 g/mol. The molecule has 0 aromatic heterocycles.